The first kappa shape index (κ1) is 24.3. The highest BCUT2D eigenvalue weighted by atomic mass is 16.2. The van der Waals surface area contributed by atoms with Crippen LogP contribution in [0, 0.1) is 13.8 Å². The lowest BCUT2D eigenvalue weighted by Gasteiger charge is -2.22. The number of hydrogen-bond donors (Lipinski definition) is 0. The highest BCUT2D eigenvalue weighted by Crippen LogP contribution is 2.27. The molecular formula is C30H30N4O3. The molecule has 0 bridgehead atoms. The van der Waals surface area contributed by atoms with E-state index >= 15 is 0 Å². The van der Waals surface area contributed by atoms with Crippen molar-refractivity contribution < 1.29 is 4.79 Å². The number of carbonyl (C=O) groups is 1. The van der Waals surface area contributed by atoms with Gasteiger partial charge >= 0.3 is 5.69 Å². The summed E-state index contributed by atoms with van der Waals surface area (Å²) in [7, 11) is 1.83. The molecule has 1 amide bonds. The molecule has 2 heterocycles. The van der Waals surface area contributed by atoms with E-state index in [1.807, 2.05) is 93.0 Å². The minimum atomic E-state index is -0.523. The molecule has 2 aromatic heterocycles. The summed E-state index contributed by atoms with van der Waals surface area (Å²) in [6.07, 6.45) is 0. The number of amides is 1. The molecule has 3 aromatic carbocycles. The van der Waals surface area contributed by atoms with Gasteiger partial charge in [0.1, 0.15) is 12.1 Å². The number of likely N-dealkylation sites (N-methyl/N-ethyl adjacent to an activating group) is 1. The second-order valence-corrected chi connectivity index (χ2v) is 9.47. The van der Waals surface area contributed by atoms with Gasteiger partial charge in [-0.25, -0.2) is 9.36 Å². The summed E-state index contributed by atoms with van der Waals surface area (Å²) in [5.74, 6) is -0.186. The Morgan fingerprint density at radius 1 is 0.892 bits per heavy atom. The van der Waals surface area contributed by atoms with Crippen LogP contribution >= 0.6 is 0 Å². The predicted octanol–water partition coefficient (Wildman–Crippen LogP) is 4.31. The molecule has 5 rings (SSSR count). The smallest absolute Gasteiger partial charge is 0.336 e. The van der Waals surface area contributed by atoms with E-state index < -0.39 is 11.2 Å². The zero-order chi connectivity index (χ0) is 26.3. The van der Waals surface area contributed by atoms with Crippen LogP contribution in [0.15, 0.2) is 82.4 Å². The van der Waals surface area contributed by atoms with Crippen molar-refractivity contribution >= 4 is 27.8 Å². The van der Waals surface area contributed by atoms with E-state index in [4.69, 9.17) is 0 Å². The van der Waals surface area contributed by atoms with Gasteiger partial charge in [0.05, 0.1) is 16.7 Å². The van der Waals surface area contributed by atoms with Gasteiger partial charge < -0.3 is 9.47 Å². The number of nitrogens with zero attached hydrogens (tertiary/aromatic N) is 4. The maximum absolute atomic E-state index is 14.0. The third-order valence-electron chi connectivity index (χ3n) is 7.03. The molecule has 5 aromatic rings. The molecule has 0 aliphatic heterocycles. The van der Waals surface area contributed by atoms with E-state index in [1.165, 1.54) is 9.13 Å². The van der Waals surface area contributed by atoms with E-state index in [9.17, 15) is 14.4 Å². The molecule has 37 heavy (non-hydrogen) atoms. The maximum atomic E-state index is 14.0. The van der Waals surface area contributed by atoms with Gasteiger partial charge in [0.25, 0.3) is 5.56 Å². The van der Waals surface area contributed by atoms with Crippen molar-refractivity contribution in [3.05, 3.63) is 110 Å². The number of hydrogen-bond acceptors (Lipinski definition) is 3. The average molecular weight is 495 g/mol. The zero-order valence-corrected chi connectivity index (χ0v) is 21.6. The van der Waals surface area contributed by atoms with Gasteiger partial charge in [-0.3, -0.25) is 14.2 Å². The Balaban J connectivity index is 1.76. The number of aromatic nitrogens is 3. The Bertz CT molecular complexity index is 1760. The third-order valence-corrected chi connectivity index (χ3v) is 7.03. The molecule has 0 spiro atoms. The number of fused-ring (bicyclic) bond motifs is 3. The second kappa shape index (κ2) is 9.58. The standard InChI is InChI=1S/C30H30N4O3/c1-5-32(18-22-12-7-6-8-13-22)26(35)19-33-27-23-17-20(2)15-16-25(23)31(4)28(27)29(36)34(30(33)37)24-14-10-9-11-21(24)3/h6-17H,5,18-19H2,1-4H3. The highest BCUT2D eigenvalue weighted by molar-refractivity contribution is 6.06. The van der Waals surface area contributed by atoms with Crippen LogP contribution in [0.1, 0.15) is 23.6 Å². The Morgan fingerprint density at radius 2 is 1.59 bits per heavy atom. The molecular weight excluding hydrogens is 464 g/mol. The monoisotopic (exact) mass is 494 g/mol. The van der Waals surface area contributed by atoms with Crippen molar-refractivity contribution in [3.8, 4) is 5.69 Å². The summed E-state index contributed by atoms with van der Waals surface area (Å²) >= 11 is 0. The van der Waals surface area contributed by atoms with Gasteiger partial charge in [-0.2, -0.15) is 0 Å². The quantitative estimate of drug-likeness (QED) is 0.353. The number of rotatable bonds is 6. The molecule has 0 aliphatic rings. The predicted molar refractivity (Wildman–Crippen MR) is 147 cm³/mol. The van der Waals surface area contributed by atoms with Gasteiger partial charge in [0.2, 0.25) is 5.91 Å². The first-order chi connectivity index (χ1) is 17.8. The molecule has 0 radical (unpaired) electrons. The topological polar surface area (TPSA) is 69.2 Å². The minimum absolute atomic E-state index is 0.171. The third kappa shape index (κ3) is 4.16. The number of para-hydroxylation sites is 1. The van der Waals surface area contributed by atoms with Gasteiger partial charge in [0, 0.05) is 25.5 Å². The molecule has 188 valence electrons. The molecule has 0 fully saturated rings. The lowest BCUT2D eigenvalue weighted by atomic mass is 10.1. The summed E-state index contributed by atoms with van der Waals surface area (Å²) in [5, 5.41) is 0.780. The van der Waals surface area contributed by atoms with Gasteiger partial charge in [-0.1, -0.05) is 60.2 Å². The number of benzene rings is 3. The lowest BCUT2D eigenvalue weighted by Crippen LogP contribution is -2.43. The van der Waals surface area contributed by atoms with Crippen molar-refractivity contribution in [2.24, 2.45) is 7.05 Å². The van der Waals surface area contributed by atoms with Crippen LogP contribution < -0.4 is 11.2 Å². The van der Waals surface area contributed by atoms with Crippen LogP contribution in [0.5, 0.6) is 0 Å². The molecule has 0 saturated heterocycles. The number of carbonyl (C=O) groups excluding carboxylic acids is 1. The molecule has 0 aliphatic carbocycles. The van der Waals surface area contributed by atoms with Crippen molar-refractivity contribution in [2.75, 3.05) is 6.54 Å². The summed E-state index contributed by atoms with van der Waals surface area (Å²) in [4.78, 5) is 43.3. The average Bonchev–Trinajstić information content (AvgIpc) is 3.18. The fourth-order valence-electron chi connectivity index (χ4n) is 5.05. The van der Waals surface area contributed by atoms with E-state index in [-0.39, 0.29) is 12.5 Å². The van der Waals surface area contributed by atoms with Crippen LogP contribution in [0.4, 0.5) is 0 Å². The first-order valence-electron chi connectivity index (χ1n) is 12.4. The second-order valence-electron chi connectivity index (χ2n) is 9.47. The fourth-order valence-corrected chi connectivity index (χ4v) is 5.05. The van der Waals surface area contributed by atoms with E-state index in [0.29, 0.717) is 29.8 Å². The van der Waals surface area contributed by atoms with Crippen LogP contribution in [-0.4, -0.2) is 31.1 Å². The van der Waals surface area contributed by atoms with Gasteiger partial charge in [0.15, 0.2) is 0 Å². The highest BCUT2D eigenvalue weighted by Gasteiger charge is 2.24. The maximum Gasteiger partial charge on any atom is 0.336 e. The Kier molecular flexibility index (Phi) is 6.29. The largest absolute Gasteiger partial charge is 0.338 e. The Hall–Kier alpha value is -4.39. The normalized spacial score (nSPS) is 11.4. The van der Waals surface area contributed by atoms with Crippen molar-refractivity contribution in [1.82, 2.24) is 18.6 Å². The lowest BCUT2D eigenvalue weighted by molar-refractivity contribution is -0.132. The van der Waals surface area contributed by atoms with Gasteiger partial charge in [-0.05, 0) is 50.1 Å². The molecule has 0 N–H and O–H groups in total. The molecule has 0 unspecified atom stereocenters. The van der Waals surface area contributed by atoms with Crippen molar-refractivity contribution in [1.29, 1.82) is 0 Å². The van der Waals surface area contributed by atoms with Crippen molar-refractivity contribution in [2.45, 2.75) is 33.9 Å². The molecule has 7 nitrogen and oxygen atoms in total. The molecule has 0 atom stereocenters. The van der Waals surface area contributed by atoms with E-state index in [2.05, 4.69) is 0 Å². The van der Waals surface area contributed by atoms with Crippen LogP contribution in [0.25, 0.3) is 27.6 Å². The Labute approximate surface area is 214 Å². The summed E-state index contributed by atoms with van der Waals surface area (Å²) in [6.45, 7) is 6.53. The van der Waals surface area contributed by atoms with Crippen LogP contribution in [0.3, 0.4) is 0 Å². The first-order valence-corrected chi connectivity index (χ1v) is 12.4. The van der Waals surface area contributed by atoms with Crippen LogP contribution in [0.2, 0.25) is 0 Å². The minimum Gasteiger partial charge on any atom is -0.338 e. The van der Waals surface area contributed by atoms with E-state index in [0.717, 1.165) is 27.6 Å². The van der Waals surface area contributed by atoms with E-state index in [1.54, 1.807) is 17.0 Å². The SMILES string of the molecule is CCN(Cc1ccccc1)C(=O)Cn1c(=O)n(-c2ccccc2C)c(=O)c2c1c1cc(C)ccc1n2C. The Morgan fingerprint density at radius 3 is 2.30 bits per heavy atom. The fraction of sp³-hybridized carbons (Fsp3) is 0.233. The summed E-state index contributed by atoms with van der Waals surface area (Å²) in [5.41, 5.74) is 4.13. The summed E-state index contributed by atoms with van der Waals surface area (Å²) in [6, 6.07) is 23.0. The van der Waals surface area contributed by atoms with Crippen LogP contribution in [-0.2, 0) is 24.9 Å². The number of aryl methyl sites for hydroxylation is 3. The zero-order valence-electron chi connectivity index (χ0n) is 21.6. The molecule has 7 heteroatoms. The van der Waals surface area contributed by atoms with Crippen molar-refractivity contribution in [3.63, 3.8) is 0 Å². The van der Waals surface area contributed by atoms with Gasteiger partial charge in [-0.15, -0.1) is 0 Å². The molecule has 0 saturated carbocycles. The summed E-state index contributed by atoms with van der Waals surface area (Å²) < 4.78 is 4.49.